The van der Waals surface area contributed by atoms with Gasteiger partial charge in [-0.15, -0.1) is 10.2 Å². The average Bonchev–Trinajstić information content (AvgIpc) is 2.74. The lowest BCUT2D eigenvalue weighted by Gasteiger charge is -2.28. The number of rotatable bonds is 4. The molecule has 0 radical (unpaired) electrons. The van der Waals surface area contributed by atoms with Gasteiger partial charge in [0.2, 0.25) is 0 Å². The summed E-state index contributed by atoms with van der Waals surface area (Å²) in [6, 6.07) is 19.2. The van der Waals surface area contributed by atoms with E-state index in [1.165, 1.54) is 11.1 Å². The van der Waals surface area contributed by atoms with Crippen molar-refractivity contribution in [2.24, 2.45) is 0 Å². The summed E-state index contributed by atoms with van der Waals surface area (Å²) in [4.78, 5) is 14.6. The van der Waals surface area contributed by atoms with Crippen molar-refractivity contribution in [2.75, 3.05) is 19.0 Å². The predicted molar refractivity (Wildman–Crippen MR) is 103 cm³/mol. The van der Waals surface area contributed by atoms with Crippen LogP contribution in [0.5, 0.6) is 5.75 Å². The van der Waals surface area contributed by atoms with Crippen molar-refractivity contribution in [2.45, 2.75) is 13.0 Å². The van der Waals surface area contributed by atoms with Gasteiger partial charge in [-0.2, -0.15) is 0 Å². The topological polar surface area (TPSA) is 67.3 Å². The molecule has 3 aromatic rings. The number of para-hydroxylation sites is 2. The minimum Gasteiger partial charge on any atom is -0.495 e. The van der Waals surface area contributed by atoms with Gasteiger partial charge in [0.05, 0.1) is 12.8 Å². The molecule has 0 saturated carbocycles. The molecule has 6 heteroatoms. The number of nitrogens with zero attached hydrogens (tertiary/aromatic N) is 3. The summed E-state index contributed by atoms with van der Waals surface area (Å²) in [5.74, 6) is 1.17. The number of aromatic nitrogens is 2. The maximum Gasteiger partial charge on any atom is 0.274 e. The van der Waals surface area contributed by atoms with Crippen molar-refractivity contribution in [1.29, 1.82) is 0 Å². The zero-order valence-electron chi connectivity index (χ0n) is 15.1. The van der Waals surface area contributed by atoms with Gasteiger partial charge in [0.15, 0.2) is 11.5 Å². The van der Waals surface area contributed by atoms with E-state index < -0.39 is 0 Å². The summed E-state index contributed by atoms with van der Waals surface area (Å²) in [6.07, 6.45) is 0.864. The lowest BCUT2D eigenvalue weighted by molar-refractivity contribution is 0.0727. The highest BCUT2D eigenvalue weighted by atomic mass is 16.5. The first-order chi connectivity index (χ1) is 13.2. The number of ether oxygens (including phenoxy) is 1. The molecule has 1 aromatic heterocycles. The monoisotopic (exact) mass is 360 g/mol. The molecular formula is C21H20N4O2. The van der Waals surface area contributed by atoms with Gasteiger partial charge < -0.3 is 15.0 Å². The first-order valence-electron chi connectivity index (χ1n) is 8.84. The number of methoxy groups -OCH3 is 1. The lowest BCUT2D eigenvalue weighted by atomic mass is 10.00. The molecule has 136 valence electrons. The summed E-state index contributed by atoms with van der Waals surface area (Å²) in [6.45, 7) is 1.30. The Bertz CT molecular complexity index is 956. The molecule has 1 N–H and O–H groups in total. The second-order valence-corrected chi connectivity index (χ2v) is 6.37. The van der Waals surface area contributed by atoms with E-state index in [1.807, 2.05) is 41.3 Å². The van der Waals surface area contributed by atoms with Gasteiger partial charge >= 0.3 is 0 Å². The Kier molecular flexibility index (Phi) is 4.70. The van der Waals surface area contributed by atoms with Crippen molar-refractivity contribution in [1.82, 2.24) is 15.1 Å². The molecule has 1 aliphatic rings. The Hall–Kier alpha value is -3.41. The maximum absolute atomic E-state index is 12.8. The molecule has 0 unspecified atom stereocenters. The second kappa shape index (κ2) is 7.45. The molecule has 1 amide bonds. The molecule has 0 fully saturated rings. The molecule has 4 rings (SSSR count). The van der Waals surface area contributed by atoms with E-state index in [0.29, 0.717) is 30.4 Å². The Morgan fingerprint density at radius 2 is 1.78 bits per heavy atom. The highest BCUT2D eigenvalue weighted by Crippen LogP contribution is 2.26. The van der Waals surface area contributed by atoms with Gasteiger partial charge in [0.25, 0.3) is 5.91 Å². The van der Waals surface area contributed by atoms with Crippen LogP contribution in [0.4, 0.5) is 11.5 Å². The summed E-state index contributed by atoms with van der Waals surface area (Å²) >= 11 is 0. The minimum atomic E-state index is -0.0964. The van der Waals surface area contributed by atoms with E-state index in [0.717, 1.165) is 12.1 Å². The van der Waals surface area contributed by atoms with Crippen LogP contribution >= 0.6 is 0 Å². The molecule has 2 heterocycles. The molecule has 27 heavy (non-hydrogen) atoms. The average molecular weight is 360 g/mol. The van der Waals surface area contributed by atoms with E-state index in [9.17, 15) is 4.79 Å². The van der Waals surface area contributed by atoms with Crippen LogP contribution in [0, 0.1) is 0 Å². The Morgan fingerprint density at radius 1 is 1.00 bits per heavy atom. The quantitative estimate of drug-likeness (QED) is 0.772. The van der Waals surface area contributed by atoms with E-state index >= 15 is 0 Å². The van der Waals surface area contributed by atoms with Crippen molar-refractivity contribution < 1.29 is 9.53 Å². The van der Waals surface area contributed by atoms with Crippen LogP contribution in [0.1, 0.15) is 21.6 Å². The first-order valence-corrected chi connectivity index (χ1v) is 8.84. The largest absolute Gasteiger partial charge is 0.495 e. The van der Waals surface area contributed by atoms with E-state index in [1.54, 1.807) is 19.2 Å². The maximum atomic E-state index is 12.8. The van der Waals surface area contributed by atoms with Crippen LogP contribution in [0.25, 0.3) is 0 Å². The van der Waals surface area contributed by atoms with Crippen LogP contribution in [0.2, 0.25) is 0 Å². The van der Waals surface area contributed by atoms with Crippen LogP contribution in [-0.4, -0.2) is 34.7 Å². The number of carbonyl (C=O) groups is 1. The number of benzene rings is 2. The Balaban J connectivity index is 1.47. The third-order valence-electron chi connectivity index (χ3n) is 4.67. The van der Waals surface area contributed by atoms with E-state index in [2.05, 4.69) is 27.6 Å². The van der Waals surface area contributed by atoms with Crippen LogP contribution in [0.15, 0.2) is 60.7 Å². The summed E-state index contributed by atoms with van der Waals surface area (Å²) < 4.78 is 5.32. The summed E-state index contributed by atoms with van der Waals surface area (Å²) in [5, 5.41) is 11.4. The number of amides is 1. The van der Waals surface area contributed by atoms with Gasteiger partial charge in [-0.1, -0.05) is 36.4 Å². The Labute approximate surface area is 157 Å². The van der Waals surface area contributed by atoms with Gasteiger partial charge in [-0.25, -0.2) is 0 Å². The van der Waals surface area contributed by atoms with E-state index in [4.69, 9.17) is 4.74 Å². The number of nitrogens with one attached hydrogen (secondary N) is 1. The zero-order chi connectivity index (χ0) is 18.6. The summed E-state index contributed by atoms with van der Waals surface area (Å²) in [5.41, 5.74) is 3.64. The number of hydrogen-bond acceptors (Lipinski definition) is 5. The third-order valence-corrected chi connectivity index (χ3v) is 4.67. The molecule has 0 saturated heterocycles. The minimum absolute atomic E-state index is 0.0964. The standard InChI is InChI=1S/C21H20N4O2/c1-27-19-9-5-4-8-17(19)22-20-11-10-18(23-24-20)21(26)25-13-12-15-6-2-3-7-16(15)14-25/h2-11H,12-14H2,1H3,(H,22,24). The van der Waals surface area contributed by atoms with Crippen molar-refractivity contribution in [3.8, 4) is 5.75 Å². The Morgan fingerprint density at radius 3 is 2.56 bits per heavy atom. The van der Waals surface area contributed by atoms with Gasteiger partial charge in [0, 0.05) is 13.1 Å². The molecular weight excluding hydrogens is 340 g/mol. The molecule has 6 nitrogen and oxygen atoms in total. The van der Waals surface area contributed by atoms with Gasteiger partial charge in [0.1, 0.15) is 5.75 Å². The summed E-state index contributed by atoms with van der Waals surface area (Å²) in [7, 11) is 1.62. The lowest BCUT2D eigenvalue weighted by Crippen LogP contribution is -2.36. The molecule has 0 spiro atoms. The number of carbonyl (C=O) groups excluding carboxylic acids is 1. The fourth-order valence-corrected chi connectivity index (χ4v) is 3.23. The van der Waals surface area contributed by atoms with Gasteiger partial charge in [-0.3, -0.25) is 4.79 Å². The predicted octanol–water partition coefficient (Wildman–Crippen LogP) is 3.43. The number of anilines is 2. The number of hydrogen-bond donors (Lipinski definition) is 1. The van der Waals surface area contributed by atoms with E-state index in [-0.39, 0.29) is 5.91 Å². The first kappa shape index (κ1) is 17.0. The molecule has 0 atom stereocenters. The smallest absolute Gasteiger partial charge is 0.274 e. The molecule has 2 aromatic carbocycles. The molecule has 0 aliphatic carbocycles. The fourth-order valence-electron chi connectivity index (χ4n) is 3.23. The molecule has 1 aliphatic heterocycles. The third kappa shape index (κ3) is 3.60. The van der Waals surface area contributed by atoms with Crippen LogP contribution in [-0.2, 0) is 13.0 Å². The van der Waals surface area contributed by atoms with Crippen molar-refractivity contribution in [3.63, 3.8) is 0 Å². The van der Waals surface area contributed by atoms with Crippen LogP contribution < -0.4 is 10.1 Å². The normalized spacial score (nSPS) is 13.0. The number of fused-ring (bicyclic) bond motifs is 1. The van der Waals surface area contributed by atoms with Crippen molar-refractivity contribution in [3.05, 3.63) is 77.5 Å². The van der Waals surface area contributed by atoms with Crippen molar-refractivity contribution >= 4 is 17.4 Å². The molecule has 0 bridgehead atoms. The second-order valence-electron chi connectivity index (χ2n) is 6.37. The van der Waals surface area contributed by atoms with Gasteiger partial charge in [-0.05, 0) is 41.8 Å². The SMILES string of the molecule is COc1ccccc1Nc1ccc(C(=O)N2CCc3ccccc3C2)nn1. The fraction of sp³-hybridized carbons (Fsp3) is 0.190. The highest BCUT2D eigenvalue weighted by Gasteiger charge is 2.22. The highest BCUT2D eigenvalue weighted by molar-refractivity contribution is 5.92. The zero-order valence-corrected chi connectivity index (χ0v) is 15.1. The van der Waals surface area contributed by atoms with Crippen LogP contribution in [0.3, 0.4) is 0 Å².